The van der Waals surface area contributed by atoms with Gasteiger partial charge in [0.2, 0.25) is 0 Å². The molecule has 1 saturated heterocycles. The Balaban J connectivity index is 2.13. The summed E-state index contributed by atoms with van der Waals surface area (Å²) in [6, 6.07) is 6.28. The second-order valence-electron chi connectivity index (χ2n) is 4.42. The van der Waals surface area contributed by atoms with Crippen LogP contribution in [-0.4, -0.2) is 34.8 Å². The number of piperidine rings is 1. The Morgan fingerprint density at radius 3 is 2.88 bits per heavy atom. The summed E-state index contributed by atoms with van der Waals surface area (Å²) < 4.78 is 0. The van der Waals surface area contributed by atoms with Gasteiger partial charge in [-0.1, -0.05) is 13.0 Å². The lowest BCUT2D eigenvalue weighted by Gasteiger charge is -2.30. The molecule has 4 heteroatoms. The average molecular weight is 233 g/mol. The van der Waals surface area contributed by atoms with Crippen molar-refractivity contribution in [2.75, 3.05) is 13.1 Å². The topological polar surface area (TPSA) is 57.6 Å². The minimum absolute atomic E-state index is 0.0805. The zero-order valence-corrected chi connectivity index (χ0v) is 9.72. The van der Waals surface area contributed by atoms with Crippen LogP contribution in [0.15, 0.2) is 24.3 Å². The number of nitrogens with zero attached hydrogens (tertiary/aromatic N) is 1. The van der Waals surface area contributed by atoms with Gasteiger partial charge in [0.25, 0.3) is 5.91 Å². The molecule has 1 unspecified atom stereocenters. The smallest absolute Gasteiger partial charge is 0.254 e. The van der Waals surface area contributed by atoms with Crippen molar-refractivity contribution in [1.82, 2.24) is 4.90 Å². The van der Waals surface area contributed by atoms with Gasteiger partial charge < -0.3 is 10.0 Å². The molecule has 0 aliphatic carbocycles. The molecule has 1 aliphatic rings. The monoisotopic (exact) mass is 233 g/mol. The molecule has 1 aromatic rings. The Hall–Kier alpha value is -1.84. The normalized spacial score (nSPS) is 20.4. The summed E-state index contributed by atoms with van der Waals surface area (Å²) in [7, 11) is 0. The van der Waals surface area contributed by atoms with E-state index in [-0.39, 0.29) is 23.4 Å². The first-order valence-corrected chi connectivity index (χ1v) is 5.69. The summed E-state index contributed by atoms with van der Waals surface area (Å²) in [5.41, 5.74) is 0.464. The minimum atomic E-state index is -0.125. The standard InChI is InChI=1S/C13H15NO3/c1-9-8-14(6-5-12(9)16)13(17)10-3-2-4-11(15)7-10/h2-4,7,9,15H,5-6,8H2,1H3. The molecule has 17 heavy (non-hydrogen) atoms. The summed E-state index contributed by atoms with van der Waals surface area (Å²) in [6.45, 7) is 2.77. The first-order valence-electron chi connectivity index (χ1n) is 5.69. The van der Waals surface area contributed by atoms with Crippen molar-refractivity contribution >= 4 is 11.7 Å². The molecule has 0 spiro atoms. The summed E-state index contributed by atoms with van der Waals surface area (Å²) in [5, 5.41) is 9.33. The molecule has 90 valence electrons. The third kappa shape index (κ3) is 2.46. The number of ketones is 1. The van der Waals surface area contributed by atoms with E-state index in [1.165, 1.54) is 12.1 Å². The number of benzene rings is 1. The summed E-state index contributed by atoms with van der Waals surface area (Å²) in [4.78, 5) is 25.2. The van der Waals surface area contributed by atoms with Crippen LogP contribution in [0.1, 0.15) is 23.7 Å². The van der Waals surface area contributed by atoms with Gasteiger partial charge in [-0.25, -0.2) is 0 Å². The highest BCUT2D eigenvalue weighted by Gasteiger charge is 2.27. The van der Waals surface area contributed by atoms with Crippen molar-refractivity contribution < 1.29 is 14.7 Å². The van der Waals surface area contributed by atoms with E-state index in [1.807, 2.05) is 6.92 Å². The largest absolute Gasteiger partial charge is 0.508 e. The van der Waals surface area contributed by atoms with Crippen LogP contribution in [0.5, 0.6) is 5.75 Å². The number of phenolic OH excluding ortho intramolecular Hbond substituents is 1. The molecule has 2 rings (SSSR count). The Labute approximate surface area is 99.9 Å². The van der Waals surface area contributed by atoms with E-state index < -0.39 is 0 Å². The van der Waals surface area contributed by atoms with Crippen LogP contribution >= 0.6 is 0 Å². The van der Waals surface area contributed by atoms with Gasteiger partial charge in [0.15, 0.2) is 0 Å². The van der Waals surface area contributed by atoms with E-state index in [0.717, 1.165) is 0 Å². The van der Waals surface area contributed by atoms with Crippen molar-refractivity contribution in [1.29, 1.82) is 0 Å². The predicted octanol–water partition coefficient (Wildman–Crippen LogP) is 1.44. The zero-order chi connectivity index (χ0) is 12.4. The van der Waals surface area contributed by atoms with Gasteiger partial charge in [0.05, 0.1) is 0 Å². The van der Waals surface area contributed by atoms with Crippen molar-refractivity contribution in [2.24, 2.45) is 5.92 Å². The Morgan fingerprint density at radius 2 is 2.24 bits per heavy atom. The van der Waals surface area contributed by atoms with Crippen LogP contribution in [0.3, 0.4) is 0 Å². The van der Waals surface area contributed by atoms with E-state index in [2.05, 4.69) is 0 Å². The van der Waals surface area contributed by atoms with E-state index in [1.54, 1.807) is 17.0 Å². The lowest BCUT2D eigenvalue weighted by molar-refractivity contribution is -0.124. The summed E-state index contributed by atoms with van der Waals surface area (Å²) in [6.07, 6.45) is 0.422. The van der Waals surface area contributed by atoms with E-state index >= 15 is 0 Å². The number of aromatic hydroxyl groups is 1. The van der Waals surface area contributed by atoms with Crippen LogP contribution in [0.4, 0.5) is 0 Å². The number of hydrogen-bond donors (Lipinski definition) is 1. The van der Waals surface area contributed by atoms with Crippen molar-refractivity contribution in [3.05, 3.63) is 29.8 Å². The third-order valence-corrected chi connectivity index (χ3v) is 3.05. The quantitative estimate of drug-likeness (QED) is 0.798. The van der Waals surface area contributed by atoms with Crippen LogP contribution in [-0.2, 0) is 4.79 Å². The van der Waals surface area contributed by atoms with Crippen LogP contribution < -0.4 is 0 Å². The summed E-state index contributed by atoms with van der Waals surface area (Å²) in [5.74, 6) is 0.0761. The van der Waals surface area contributed by atoms with E-state index in [0.29, 0.717) is 25.1 Å². The molecular weight excluding hydrogens is 218 g/mol. The van der Waals surface area contributed by atoms with Gasteiger partial charge in [0.1, 0.15) is 11.5 Å². The number of Topliss-reactive ketones (excluding diaryl/α,β-unsaturated/α-hetero) is 1. The molecule has 0 bridgehead atoms. The zero-order valence-electron chi connectivity index (χ0n) is 9.72. The predicted molar refractivity (Wildman–Crippen MR) is 62.8 cm³/mol. The fourth-order valence-corrected chi connectivity index (χ4v) is 2.02. The number of amides is 1. The van der Waals surface area contributed by atoms with Gasteiger partial charge in [0, 0.05) is 31.0 Å². The van der Waals surface area contributed by atoms with Gasteiger partial charge in [-0.3, -0.25) is 9.59 Å². The molecule has 0 aromatic heterocycles. The lowest BCUT2D eigenvalue weighted by atomic mass is 9.98. The number of carbonyl (C=O) groups excluding carboxylic acids is 2. The molecule has 0 radical (unpaired) electrons. The van der Waals surface area contributed by atoms with Crippen molar-refractivity contribution in [3.8, 4) is 5.75 Å². The Bertz CT molecular complexity index is 456. The van der Waals surface area contributed by atoms with Gasteiger partial charge in [-0.05, 0) is 18.2 Å². The average Bonchev–Trinajstić information content (AvgIpc) is 2.32. The highest BCUT2D eigenvalue weighted by atomic mass is 16.3. The Kier molecular flexibility index (Phi) is 3.13. The SMILES string of the molecule is CC1CN(C(=O)c2cccc(O)c2)CCC1=O. The number of likely N-dealkylation sites (tertiary alicyclic amines) is 1. The molecular formula is C13H15NO3. The second kappa shape index (κ2) is 4.57. The highest BCUT2D eigenvalue weighted by molar-refractivity contribution is 5.96. The highest BCUT2D eigenvalue weighted by Crippen LogP contribution is 2.17. The van der Waals surface area contributed by atoms with Crippen molar-refractivity contribution in [3.63, 3.8) is 0 Å². The van der Waals surface area contributed by atoms with E-state index in [9.17, 15) is 14.7 Å². The molecule has 1 aliphatic heterocycles. The molecule has 1 N–H and O–H groups in total. The Morgan fingerprint density at radius 1 is 1.47 bits per heavy atom. The minimum Gasteiger partial charge on any atom is -0.508 e. The maximum absolute atomic E-state index is 12.1. The number of rotatable bonds is 1. The fourth-order valence-electron chi connectivity index (χ4n) is 2.02. The molecule has 1 amide bonds. The van der Waals surface area contributed by atoms with Crippen LogP contribution in [0, 0.1) is 5.92 Å². The van der Waals surface area contributed by atoms with Crippen LogP contribution in [0.25, 0.3) is 0 Å². The first kappa shape index (κ1) is 11.6. The second-order valence-corrected chi connectivity index (χ2v) is 4.42. The molecule has 1 aromatic carbocycles. The van der Waals surface area contributed by atoms with Gasteiger partial charge >= 0.3 is 0 Å². The first-order chi connectivity index (χ1) is 8.08. The molecule has 4 nitrogen and oxygen atoms in total. The van der Waals surface area contributed by atoms with Crippen molar-refractivity contribution in [2.45, 2.75) is 13.3 Å². The summed E-state index contributed by atoms with van der Waals surface area (Å²) >= 11 is 0. The molecule has 1 atom stereocenters. The van der Waals surface area contributed by atoms with E-state index in [4.69, 9.17) is 0 Å². The van der Waals surface area contributed by atoms with Gasteiger partial charge in [-0.2, -0.15) is 0 Å². The van der Waals surface area contributed by atoms with Gasteiger partial charge in [-0.15, -0.1) is 0 Å². The molecule has 1 fully saturated rings. The third-order valence-electron chi connectivity index (χ3n) is 3.05. The lowest BCUT2D eigenvalue weighted by Crippen LogP contribution is -2.43. The maximum Gasteiger partial charge on any atom is 0.254 e. The maximum atomic E-state index is 12.1. The van der Waals surface area contributed by atoms with Crippen LogP contribution in [0.2, 0.25) is 0 Å². The fraction of sp³-hybridized carbons (Fsp3) is 0.385. The number of carbonyl (C=O) groups is 2. The molecule has 0 saturated carbocycles. The molecule has 1 heterocycles. The number of phenols is 1. The number of hydrogen-bond acceptors (Lipinski definition) is 3.